The fourth-order valence-corrected chi connectivity index (χ4v) is 4.14. The number of carbonyl (C=O) groups excluding carboxylic acids is 1. The quantitative estimate of drug-likeness (QED) is 0.425. The highest BCUT2D eigenvalue weighted by atomic mass is 16.4. The third-order valence-electron chi connectivity index (χ3n) is 6.15. The van der Waals surface area contributed by atoms with E-state index in [0.29, 0.717) is 23.6 Å². The minimum atomic E-state index is -1.08. The predicted molar refractivity (Wildman–Crippen MR) is 144 cm³/mol. The van der Waals surface area contributed by atoms with E-state index in [1.165, 1.54) is 9.58 Å². The first-order valence-electron chi connectivity index (χ1n) is 12.1. The van der Waals surface area contributed by atoms with Gasteiger partial charge in [0.25, 0.3) is 5.56 Å². The standard InChI is InChI=1S/C28H35N5O4/c1-18-12-13-32(30-16-21-10-8-7-9-11-21)26(35)22(18)15-25(34)29-17-23-19(2)14-24(31-20(23)3)33(27(36)37)28(4,5)6/h7-14,30H,15-17H2,1-6H3,(H,29,34)(H,36,37). The number of aryl methyl sites for hydroxylation is 3. The third-order valence-corrected chi connectivity index (χ3v) is 6.15. The van der Waals surface area contributed by atoms with Crippen molar-refractivity contribution in [2.75, 3.05) is 10.3 Å². The van der Waals surface area contributed by atoms with Crippen LogP contribution < -0.4 is 21.2 Å². The van der Waals surface area contributed by atoms with Gasteiger partial charge in [0.1, 0.15) is 5.82 Å². The molecule has 0 fully saturated rings. The summed E-state index contributed by atoms with van der Waals surface area (Å²) in [5, 5.41) is 12.6. The molecule has 196 valence electrons. The van der Waals surface area contributed by atoms with Gasteiger partial charge in [-0.15, -0.1) is 0 Å². The smallest absolute Gasteiger partial charge is 0.413 e. The van der Waals surface area contributed by atoms with Crippen molar-refractivity contribution in [3.63, 3.8) is 0 Å². The number of nitrogens with one attached hydrogen (secondary N) is 2. The Morgan fingerprint density at radius 2 is 1.68 bits per heavy atom. The first-order chi connectivity index (χ1) is 17.4. The average molecular weight is 506 g/mol. The van der Waals surface area contributed by atoms with Crippen LogP contribution >= 0.6 is 0 Å². The van der Waals surface area contributed by atoms with Gasteiger partial charge in [-0.3, -0.25) is 14.5 Å². The molecule has 9 nitrogen and oxygen atoms in total. The molecule has 3 rings (SSSR count). The number of rotatable bonds is 8. The number of carbonyl (C=O) groups is 2. The molecule has 0 aliphatic rings. The van der Waals surface area contributed by atoms with Gasteiger partial charge in [0.05, 0.1) is 13.0 Å². The summed E-state index contributed by atoms with van der Waals surface area (Å²) >= 11 is 0. The number of nitrogens with zero attached hydrogens (tertiary/aromatic N) is 3. The normalized spacial score (nSPS) is 11.2. The fraction of sp³-hybridized carbons (Fsp3) is 0.357. The van der Waals surface area contributed by atoms with Crippen LogP contribution in [-0.4, -0.2) is 32.3 Å². The molecule has 0 atom stereocenters. The molecule has 0 radical (unpaired) electrons. The highest BCUT2D eigenvalue weighted by Crippen LogP contribution is 2.25. The van der Waals surface area contributed by atoms with Crippen LogP contribution in [0.15, 0.2) is 53.5 Å². The number of aromatic nitrogens is 2. The van der Waals surface area contributed by atoms with E-state index in [1.807, 2.05) is 50.2 Å². The molecule has 3 N–H and O–H groups in total. The molecular formula is C28H35N5O4. The number of pyridine rings is 2. The van der Waals surface area contributed by atoms with E-state index in [4.69, 9.17) is 0 Å². The van der Waals surface area contributed by atoms with Gasteiger partial charge < -0.3 is 15.8 Å². The topological polar surface area (TPSA) is 117 Å². The number of anilines is 1. The number of carboxylic acid groups (broad SMARTS) is 1. The van der Waals surface area contributed by atoms with E-state index in [-0.39, 0.29) is 24.4 Å². The van der Waals surface area contributed by atoms with Crippen LogP contribution in [0, 0.1) is 20.8 Å². The molecule has 0 bridgehead atoms. The third kappa shape index (κ3) is 6.75. The van der Waals surface area contributed by atoms with Crippen molar-refractivity contribution in [1.82, 2.24) is 15.0 Å². The highest BCUT2D eigenvalue weighted by molar-refractivity contribution is 5.86. The number of hydrogen-bond acceptors (Lipinski definition) is 5. The van der Waals surface area contributed by atoms with Gasteiger partial charge in [-0.25, -0.2) is 14.5 Å². The van der Waals surface area contributed by atoms with E-state index in [1.54, 1.807) is 40.0 Å². The summed E-state index contributed by atoms with van der Waals surface area (Å²) in [4.78, 5) is 43.4. The van der Waals surface area contributed by atoms with Crippen molar-refractivity contribution >= 4 is 17.8 Å². The molecule has 0 aliphatic heterocycles. The molecule has 2 aromatic heterocycles. The maximum absolute atomic E-state index is 13.0. The fourth-order valence-electron chi connectivity index (χ4n) is 4.14. The van der Waals surface area contributed by atoms with Gasteiger partial charge in [0, 0.05) is 29.5 Å². The molecule has 37 heavy (non-hydrogen) atoms. The molecule has 0 spiro atoms. The summed E-state index contributed by atoms with van der Waals surface area (Å²) in [6.45, 7) is 11.6. The lowest BCUT2D eigenvalue weighted by Crippen LogP contribution is -2.45. The predicted octanol–water partition coefficient (Wildman–Crippen LogP) is 4.05. The molecule has 9 heteroatoms. The Kier molecular flexibility index (Phi) is 8.37. The van der Waals surface area contributed by atoms with Crippen molar-refractivity contribution < 1.29 is 14.7 Å². The van der Waals surface area contributed by atoms with E-state index >= 15 is 0 Å². The zero-order chi connectivity index (χ0) is 27.3. The van der Waals surface area contributed by atoms with Gasteiger partial charge in [-0.05, 0) is 75.9 Å². The van der Waals surface area contributed by atoms with E-state index in [0.717, 1.165) is 22.3 Å². The second-order valence-corrected chi connectivity index (χ2v) is 10.1. The van der Waals surface area contributed by atoms with Crippen LogP contribution in [0.4, 0.5) is 10.6 Å². The summed E-state index contributed by atoms with van der Waals surface area (Å²) in [6, 6.07) is 13.3. The Hall–Kier alpha value is -4.14. The van der Waals surface area contributed by atoms with E-state index < -0.39 is 11.6 Å². The van der Waals surface area contributed by atoms with Crippen molar-refractivity contribution in [1.29, 1.82) is 0 Å². The maximum atomic E-state index is 13.0. The second-order valence-electron chi connectivity index (χ2n) is 10.1. The molecule has 2 amide bonds. The molecule has 0 unspecified atom stereocenters. The summed E-state index contributed by atoms with van der Waals surface area (Å²) in [5.41, 5.74) is 6.63. The molecular weight excluding hydrogens is 470 g/mol. The van der Waals surface area contributed by atoms with E-state index in [2.05, 4.69) is 15.7 Å². The van der Waals surface area contributed by atoms with Crippen LogP contribution in [0.25, 0.3) is 0 Å². The molecule has 1 aromatic carbocycles. The first kappa shape index (κ1) is 27.4. The SMILES string of the molecule is Cc1cc(N(C(=O)O)C(C)(C)C)nc(C)c1CNC(=O)Cc1c(C)ccn(NCc2ccccc2)c1=O. The summed E-state index contributed by atoms with van der Waals surface area (Å²) in [7, 11) is 0. The van der Waals surface area contributed by atoms with Crippen LogP contribution in [0.1, 0.15) is 54.3 Å². The van der Waals surface area contributed by atoms with Crippen molar-refractivity contribution in [2.45, 2.75) is 66.6 Å². The number of amides is 2. The minimum Gasteiger partial charge on any atom is -0.465 e. The average Bonchev–Trinajstić information content (AvgIpc) is 2.80. The maximum Gasteiger partial charge on any atom is 0.413 e. The lowest BCUT2D eigenvalue weighted by Gasteiger charge is -2.32. The Labute approximate surface area is 217 Å². The number of benzene rings is 1. The molecule has 3 aromatic rings. The Morgan fingerprint density at radius 3 is 2.27 bits per heavy atom. The van der Waals surface area contributed by atoms with Gasteiger partial charge in [0.2, 0.25) is 5.91 Å². The van der Waals surface area contributed by atoms with Gasteiger partial charge >= 0.3 is 6.09 Å². The van der Waals surface area contributed by atoms with E-state index in [9.17, 15) is 19.5 Å². The van der Waals surface area contributed by atoms with Crippen LogP contribution in [-0.2, 0) is 24.3 Å². The van der Waals surface area contributed by atoms with Crippen LogP contribution in [0.2, 0.25) is 0 Å². The number of hydrogen-bond donors (Lipinski definition) is 3. The van der Waals surface area contributed by atoms with Crippen molar-refractivity contribution in [2.24, 2.45) is 0 Å². The Morgan fingerprint density at radius 1 is 1.00 bits per heavy atom. The zero-order valence-corrected chi connectivity index (χ0v) is 22.3. The van der Waals surface area contributed by atoms with Gasteiger partial charge in [-0.1, -0.05) is 30.3 Å². The molecule has 0 saturated carbocycles. The summed E-state index contributed by atoms with van der Waals surface area (Å²) in [5.74, 6) is 0.0549. The Balaban J connectivity index is 1.71. The van der Waals surface area contributed by atoms with Crippen molar-refractivity contribution in [3.8, 4) is 0 Å². The lowest BCUT2D eigenvalue weighted by molar-refractivity contribution is -0.120. The lowest BCUT2D eigenvalue weighted by atomic mass is 10.0. The van der Waals surface area contributed by atoms with Gasteiger partial charge in [-0.2, -0.15) is 0 Å². The second kappa shape index (κ2) is 11.3. The van der Waals surface area contributed by atoms with Crippen LogP contribution in [0.5, 0.6) is 0 Å². The monoisotopic (exact) mass is 505 g/mol. The minimum absolute atomic E-state index is 0.0566. The molecule has 0 aliphatic carbocycles. The summed E-state index contributed by atoms with van der Waals surface area (Å²) < 4.78 is 1.41. The first-order valence-corrected chi connectivity index (χ1v) is 12.1. The molecule has 2 heterocycles. The largest absolute Gasteiger partial charge is 0.465 e. The van der Waals surface area contributed by atoms with Crippen molar-refractivity contribution in [3.05, 3.63) is 92.5 Å². The zero-order valence-electron chi connectivity index (χ0n) is 22.3. The summed E-state index contributed by atoms with van der Waals surface area (Å²) in [6.07, 6.45) is 0.529. The van der Waals surface area contributed by atoms with Gasteiger partial charge in [0.15, 0.2) is 0 Å². The Bertz CT molecular complexity index is 1320. The van der Waals surface area contributed by atoms with Crippen LogP contribution in [0.3, 0.4) is 0 Å². The highest BCUT2D eigenvalue weighted by Gasteiger charge is 2.29. The molecule has 0 saturated heterocycles.